The Labute approximate surface area is 93.2 Å². The number of nitriles is 1. The molecule has 1 fully saturated rings. The van der Waals surface area contributed by atoms with Gasteiger partial charge in [0.1, 0.15) is 11.8 Å². The van der Waals surface area contributed by atoms with Crippen molar-refractivity contribution in [2.45, 2.75) is 18.8 Å². The highest BCUT2D eigenvalue weighted by Gasteiger charge is 2.25. The molecule has 78 valence electrons. The summed E-state index contributed by atoms with van der Waals surface area (Å²) in [6, 6.07) is 7.61. The number of aromatic nitrogens is 3. The molecule has 0 N–H and O–H groups in total. The molecule has 0 unspecified atom stereocenters. The minimum absolute atomic E-state index is 0.429. The van der Waals surface area contributed by atoms with Crippen molar-refractivity contribution in [2.75, 3.05) is 0 Å². The second-order valence-corrected chi connectivity index (χ2v) is 3.97. The highest BCUT2D eigenvalue weighted by atomic mass is 15.3. The molecule has 2 aromatic heterocycles. The molecule has 0 spiro atoms. The smallest absolute Gasteiger partial charge is 0.140 e. The molecule has 1 aliphatic carbocycles. The Kier molecular flexibility index (Phi) is 1.97. The van der Waals surface area contributed by atoms with Gasteiger partial charge in [-0.3, -0.25) is 0 Å². The summed E-state index contributed by atoms with van der Waals surface area (Å²) in [5, 5.41) is 13.1. The van der Waals surface area contributed by atoms with Gasteiger partial charge in [0, 0.05) is 12.1 Å². The molecule has 1 saturated carbocycles. The third kappa shape index (κ3) is 1.57. The number of nitrogens with zero attached hydrogens (tertiary/aromatic N) is 4. The van der Waals surface area contributed by atoms with Crippen molar-refractivity contribution in [3.05, 3.63) is 42.0 Å². The van der Waals surface area contributed by atoms with Gasteiger partial charge in [-0.2, -0.15) is 10.4 Å². The molecule has 2 heterocycles. The fraction of sp³-hybridized carbons (Fsp3) is 0.250. The van der Waals surface area contributed by atoms with Crippen molar-refractivity contribution < 1.29 is 0 Å². The fourth-order valence-corrected chi connectivity index (χ4v) is 1.67. The lowest BCUT2D eigenvalue weighted by molar-refractivity contribution is 0.832. The van der Waals surface area contributed by atoms with Crippen LogP contribution in [0.25, 0.3) is 5.69 Å². The molecule has 0 bridgehead atoms. The molecule has 0 aromatic carbocycles. The fourth-order valence-electron chi connectivity index (χ4n) is 1.67. The Morgan fingerprint density at radius 1 is 1.31 bits per heavy atom. The molecule has 4 nitrogen and oxygen atoms in total. The van der Waals surface area contributed by atoms with Gasteiger partial charge in [0.15, 0.2) is 0 Å². The van der Waals surface area contributed by atoms with E-state index in [0.717, 1.165) is 11.4 Å². The zero-order valence-corrected chi connectivity index (χ0v) is 8.67. The molecule has 4 heteroatoms. The van der Waals surface area contributed by atoms with Crippen molar-refractivity contribution in [2.24, 2.45) is 0 Å². The van der Waals surface area contributed by atoms with Crippen LogP contribution in [0.2, 0.25) is 0 Å². The summed E-state index contributed by atoms with van der Waals surface area (Å²) in [6.07, 6.45) is 6.12. The first-order valence-corrected chi connectivity index (χ1v) is 5.29. The van der Waals surface area contributed by atoms with E-state index in [-0.39, 0.29) is 0 Å². The third-order valence-corrected chi connectivity index (χ3v) is 2.73. The molecule has 0 radical (unpaired) electrons. The Hall–Kier alpha value is -2.15. The van der Waals surface area contributed by atoms with Crippen molar-refractivity contribution in [3.8, 4) is 11.8 Å². The molecule has 3 rings (SSSR count). The van der Waals surface area contributed by atoms with Gasteiger partial charge in [-0.1, -0.05) is 0 Å². The Balaban J connectivity index is 1.92. The van der Waals surface area contributed by atoms with Gasteiger partial charge in [-0.05, 0) is 31.0 Å². The maximum Gasteiger partial charge on any atom is 0.140 e. The first-order chi connectivity index (χ1) is 7.86. The van der Waals surface area contributed by atoms with E-state index in [1.54, 1.807) is 12.3 Å². The monoisotopic (exact) mass is 210 g/mol. The molecule has 16 heavy (non-hydrogen) atoms. The lowest BCUT2D eigenvalue weighted by Gasteiger charge is -1.99. The van der Waals surface area contributed by atoms with E-state index in [1.807, 2.05) is 23.0 Å². The van der Waals surface area contributed by atoms with Crippen molar-refractivity contribution in [1.29, 1.82) is 5.26 Å². The van der Waals surface area contributed by atoms with E-state index in [2.05, 4.69) is 16.1 Å². The van der Waals surface area contributed by atoms with Crippen molar-refractivity contribution in [1.82, 2.24) is 14.8 Å². The quantitative estimate of drug-likeness (QED) is 0.761. The Morgan fingerprint density at radius 3 is 2.81 bits per heavy atom. The summed E-state index contributed by atoms with van der Waals surface area (Å²) in [4.78, 5) is 4.02. The molecule has 0 saturated heterocycles. The average molecular weight is 210 g/mol. The lowest BCUT2D eigenvalue weighted by atomic mass is 10.3. The van der Waals surface area contributed by atoms with Crippen LogP contribution >= 0.6 is 0 Å². The van der Waals surface area contributed by atoms with E-state index >= 15 is 0 Å². The molecular formula is C12H10N4. The van der Waals surface area contributed by atoms with Gasteiger partial charge in [0.25, 0.3) is 0 Å². The van der Waals surface area contributed by atoms with Crippen LogP contribution in [0.15, 0.2) is 30.6 Å². The van der Waals surface area contributed by atoms with Crippen LogP contribution in [0, 0.1) is 11.3 Å². The maximum atomic E-state index is 8.65. The minimum atomic E-state index is 0.429. The number of rotatable bonds is 2. The zero-order chi connectivity index (χ0) is 11.0. The van der Waals surface area contributed by atoms with Crippen LogP contribution in [0.5, 0.6) is 0 Å². The van der Waals surface area contributed by atoms with E-state index < -0.39 is 0 Å². The van der Waals surface area contributed by atoms with Gasteiger partial charge in [0.05, 0.1) is 17.6 Å². The van der Waals surface area contributed by atoms with Gasteiger partial charge in [-0.15, -0.1) is 0 Å². The number of hydrogen-bond donors (Lipinski definition) is 0. The summed E-state index contributed by atoms with van der Waals surface area (Å²) in [5.74, 6) is 0.660. The molecule has 2 aromatic rings. The largest absolute Gasteiger partial charge is 0.243 e. The first kappa shape index (κ1) is 9.10. The van der Waals surface area contributed by atoms with E-state index in [4.69, 9.17) is 5.26 Å². The summed E-state index contributed by atoms with van der Waals surface area (Å²) in [6.45, 7) is 0. The Bertz CT molecular complexity index is 543. The first-order valence-electron chi connectivity index (χ1n) is 5.29. The van der Waals surface area contributed by atoms with Crippen molar-refractivity contribution >= 4 is 0 Å². The molecule has 0 aliphatic heterocycles. The molecule has 0 amide bonds. The van der Waals surface area contributed by atoms with Crippen molar-refractivity contribution in [3.63, 3.8) is 0 Å². The second kappa shape index (κ2) is 3.46. The van der Waals surface area contributed by atoms with Crippen LogP contribution in [0.1, 0.15) is 30.1 Å². The van der Waals surface area contributed by atoms with Crippen LogP contribution in [0.3, 0.4) is 0 Å². The maximum absolute atomic E-state index is 8.65. The normalized spacial score (nSPS) is 14.7. The van der Waals surface area contributed by atoms with Gasteiger partial charge < -0.3 is 0 Å². The summed E-state index contributed by atoms with van der Waals surface area (Å²) >= 11 is 0. The summed E-state index contributed by atoms with van der Waals surface area (Å²) < 4.78 is 1.81. The summed E-state index contributed by atoms with van der Waals surface area (Å²) in [7, 11) is 0. The lowest BCUT2D eigenvalue weighted by Crippen LogP contribution is -1.97. The average Bonchev–Trinajstić information content (AvgIpc) is 3.08. The predicted octanol–water partition coefficient (Wildman–Crippen LogP) is 2.02. The number of pyridine rings is 1. The molecular weight excluding hydrogens is 200 g/mol. The number of hydrogen-bond acceptors (Lipinski definition) is 3. The highest BCUT2D eigenvalue weighted by Crippen LogP contribution is 2.38. The second-order valence-electron chi connectivity index (χ2n) is 3.97. The van der Waals surface area contributed by atoms with E-state index in [1.165, 1.54) is 12.8 Å². The topological polar surface area (TPSA) is 54.5 Å². The SMILES string of the molecule is N#Cc1ccc(-n2ccc(C3CC3)n2)cn1. The van der Waals surface area contributed by atoms with Gasteiger partial charge >= 0.3 is 0 Å². The standard InChI is InChI=1S/C12H10N4/c13-7-10-3-4-11(8-14-10)16-6-5-12(15-16)9-1-2-9/h3-6,8-9H,1-2H2. The van der Waals surface area contributed by atoms with E-state index in [0.29, 0.717) is 11.6 Å². The minimum Gasteiger partial charge on any atom is -0.243 e. The highest BCUT2D eigenvalue weighted by molar-refractivity contribution is 5.33. The van der Waals surface area contributed by atoms with Crippen LogP contribution < -0.4 is 0 Å². The van der Waals surface area contributed by atoms with E-state index in [9.17, 15) is 0 Å². The van der Waals surface area contributed by atoms with Crippen LogP contribution in [-0.2, 0) is 0 Å². The molecule has 0 atom stereocenters. The van der Waals surface area contributed by atoms with Crippen LogP contribution in [-0.4, -0.2) is 14.8 Å². The third-order valence-electron chi connectivity index (χ3n) is 2.73. The van der Waals surface area contributed by atoms with Gasteiger partial charge in [-0.25, -0.2) is 9.67 Å². The van der Waals surface area contributed by atoms with Crippen LogP contribution in [0.4, 0.5) is 0 Å². The molecule has 1 aliphatic rings. The predicted molar refractivity (Wildman–Crippen MR) is 58.0 cm³/mol. The van der Waals surface area contributed by atoms with Gasteiger partial charge in [0.2, 0.25) is 0 Å². The Morgan fingerprint density at radius 2 is 2.19 bits per heavy atom. The summed E-state index contributed by atoms with van der Waals surface area (Å²) in [5.41, 5.74) is 2.48. The zero-order valence-electron chi connectivity index (χ0n) is 8.67.